The average Bonchev–Trinajstić information content (AvgIpc) is 3.12. The van der Waals surface area contributed by atoms with Gasteiger partial charge in [-0.3, -0.25) is 4.99 Å². The van der Waals surface area contributed by atoms with E-state index in [1.807, 2.05) is 19.6 Å². The van der Waals surface area contributed by atoms with Crippen LogP contribution < -0.4 is 5.32 Å². The number of hydrogen-bond acceptors (Lipinski definition) is 4. The molecule has 1 aromatic rings. The lowest BCUT2D eigenvalue weighted by Gasteiger charge is -2.39. The fourth-order valence-electron chi connectivity index (χ4n) is 3.05. The van der Waals surface area contributed by atoms with Crippen LogP contribution in [0.3, 0.4) is 0 Å². The molecule has 1 fully saturated rings. The Labute approximate surface area is 145 Å². The summed E-state index contributed by atoms with van der Waals surface area (Å²) in [5.41, 5.74) is 0. The van der Waals surface area contributed by atoms with Crippen molar-refractivity contribution >= 4 is 5.96 Å². The van der Waals surface area contributed by atoms with E-state index >= 15 is 0 Å². The molecule has 7 nitrogen and oxygen atoms in total. The van der Waals surface area contributed by atoms with Crippen molar-refractivity contribution in [3.05, 3.63) is 18.7 Å². The number of nitrogens with one attached hydrogen (secondary N) is 1. The van der Waals surface area contributed by atoms with Crippen molar-refractivity contribution in [1.29, 1.82) is 0 Å². The van der Waals surface area contributed by atoms with Crippen LogP contribution in [0.15, 0.2) is 23.7 Å². The Morgan fingerprint density at radius 1 is 1.38 bits per heavy atom. The summed E-state index contributed by atoms with van der Waals surface area (Å²) in [6.07, 6.45) is 7.93. The van der Waals surface area contributed by atoms with Gasteiger partial charge in [-0.05, 0) is 18.8 Å². The van der Waals surface area contributed by atoms with Crippen molar-refractivity contribution in [2.45, 2.75) is 25.8 Å². The van der Waals surface area contributed by atoms with Crippen molar-refractivity contribution in [2.24, 2.45) is 10.9 Å². The number of rotatable bonds is 8. The Morgan fingerprint density at radius 3 is 2.96 bits per heavy atom. The predicted molar refractivity (Wildman–Crippen MR) is 95.3 cm³/mol. The molecule has 24 heavy (non-hydrogen) atoms. The molecule has 2 heterocycles. The first-order chi connectivity index (χ1) is 11.8. The minimum atomic E-state index is 0.442. The van der Waals surface area contributed by atoms with Gasteiger partial charge in [-0.1, -0.05) is 6.92 Å². The molecule has 1 saturated heterocycles. The second-order valence-corrected chi connectivity index (χ2v) is 6.22. The summed E-state index contributed by atoms with van der Waals surface area (Å²) in [5, 5.41) is 3.45. The zero-order valence-electron chi connectivity index (χ0n) is 15.1. The van der Waals surface area contributed by atoms with Crippen LogP contribution in [-0.2, 0) is 9.47 Å². The number of aromatic nitrogens is 2. The van der Waals surface area contributed by atoms with Crippen LogP contribution in [0.1, 0.15) is 25.8 Å². The summed E-state index contributed by atoms with van der Waals surface area (Å²) in [6.45, 7) is 7.22. The number of piperidine rings is 1. The molecule has 136 valence electrons. The van der Waals surface area contributed by atoms with Gasteiger partial charge in [0, 0.05) is 52.8 Å². The van der Waals surface area contributed by atoms with E-state index in [1.54, 1.807) is 7.11 Å². The van der Waals surface area contributed by atoms with Crippen LogP contribution >= 0.6 is 0 Å². The summed E-state index contributed by atoms with van der Waals surface area (Å²) in [7, 11) is 3.53. The van der Waals surface area contributed by atoms with Gasteiger partial charge in [-0.2, -0.15) is 0 Å². The summed E-state index contributed by atoms with van der Waals surface area (Å²) in [4.78, 5) is 11.0. The Balaban J connectivity index is 1.76. The molecular formula is C17H31N5O2. The Bertz CT molecular complexity index is 477. The van der Waals surface area contributed by atoms with Crippen molar-refractivity contribution in [2.75, 3.05) is 53.6 Å². The molecule has 0 spiro atoms. The number of imidazole rings is 1. The molecule has 0 amide bonds. The van der Waals surface area contributed by atoms with E-state index in [0.717, 1.165) is 45.0 Å². The van der Waals surface area contributed by atoms with Gasteiger partial charge in [0.1, 0.15) is 0 Å². The summed E-state index contributed by atoms with van der Waals surface area (Å²) in [6, 6.07) is 0.442. The van der Waals surface area contributed by atoms with E-state index in [0.29, 0.717) is 25.2 Å². The van der Waals surface area contributed by atoms with E-state index in [2.05, 4.69) is 37.9 Å². The zero-order valence-corrected chi connectivity index (χ0v) is 15.1. The molecule has 2 atom stereocenters. The summed E-state index contributed by atoms with van der Waals surface area (Å²) in [5.74, 6) is 1.62. The second-order valence-electron chi connectivity index (χ2n) is 6.22. The van der Waals surface area contributed by atoms with Gasteiger partial charge in [0.2, 0.25) is 0 Å². The highest BCUT2D eigenvalue weighted by Crippen LogP contribution is 2.27. The van der Waals surface area contributed by atoms with E-state index < -0.39 is 0 Å². The van der Waals surface area contributed by atoms with Crippen molar-refractivity contribution in [3.63, 3.8) is 0 Å². The SMILES string of the molecule is CN=C(NCCCOCCOC)N1CCC(C)C(n2ccnc2)C1. The lowest BCUT2D eigenvalue weighted by molar-refractivity contribution is 0.0697. The third-order valence-electron chi connectivity index (χ3n) is 4.52. The van der Waals surface area contributed by atoms with Crippen molar-refractivity contribution in [1.82, 2.24) is 19.8 Å². The molecule has 0 saturated carbocycles. The molecule has 0 bridgehead atoms. The van der Waals surface area contributed by atoms with Gasteiger partial charge in [0.15, 0.2) is 5.96 Å². The van der Waals surface area contributed by atoms with Crippen LogP contribution in [0.4, 0.5) is 0 Å². The minimum Gasteiger partial charge on any atom is -0.382 e. The Kier molecular flexibility index (Phi) is 8.04. The van der Waals surface area contributed by atoms with E-state index in [9.17, 15) is 0 Å². The van der Waals surface area contributed by atoms with Crippen LogP contribution in [0.25, 0.3) is 0 Å². The highest BCUT2D eigenvalue weighted by molar-refractivity contribution is 5.80. The zero-order chi connectivity index (χ0) is 17.2. The molecule has 2 rings (SSSR count). The predicted octanol–water partition coefficient (Wildman–Crippen LogP) is 1.39. The van der Waals surface area contributed by atoms with Gasteiger partial charge < -0.3 is 24.3 Å². The van der Waals surface area contributed by atoms with Crippen LogP contribution in [0.5, 0.6) is 0 Å². The minimum absolute atomic E-state index is 0.442. The number of likely N-dealkylation sites (tertiary alicyclic amines) is 1. The van der Waals surface area contributed by atoms with Crippen LogP contribution in [0, 0.1) is 5.92 Å². The molecule has 7 heteroatoms. The van der Waals surface area contributed by atoms with E-state index in [-0.39, 0.29) is 0 Å². The van der Waals surface area contributed by atoms with Gasteiger partial charge in [-0.15, -0.1) is 0 Å². The smallest absolute Gasteiger partial charge is 0.193 e. The molecule has 1 N–H and O–H groups in total. The quantitative estimate of drug-likeness (QED) is 0.441. The maximum absolute atomic E-state index is 5.49. The third kappa shape index (κ3) is 5.49. The highest BCUT2D eigenvalue weighted by Gasteiger charge is 2.28. The normalized spacial score (nSPS) is 22.0. The monoisotopic (exact) mass is 337 g/mol. The number of ether oxygens (including phenoxy) is 2. The second kappa shape index (κ2) is 10.3. The average molecular weight is 337 g/mol. The maximum atomic E-state index is 5.49. The highest BCUT2D eigenvalue weighted by atomic mass is 16.5. The number of guanidine groups is 1. The lowest BCUT2D eigenvalue weighted by Crippen LogP contribution is -2.49. The van der Waals surface area contributed by atoms with E-state index in [4.69, 9.17) is 9.47 Å². The van der Waals surface area contributed by atoms with Gasteiger partial charge >= 0.3 is 0 Å². The first kappa shape index (κ1) is 18.7. The first-order valence-corrected chi connectivity index (χ1v) is 8.76. The summed E-state index contributed by atoms with van der Waals surface area (Å²) < 4.78 is 12.7. The molecule has 0 aromatic carbocycles. The molecule has 2 unspecified atom stereocenters. The summed E-state index contributed by atoms with van der Waals surface area (Å²) >= 11 is 0. The van der Waals surface area contributed by atoms with Crippen molar-refractivity contribution in [3.8, 4) is 0 Å². The van der Waals surface area contributed by atoms with Crippen LogP contribution in [0.2, 0.25) is 0 Å². The lowest BCUT2D eigenvalue weighted by atomic mass is 9.93. The topological polar surface area (TPSA) is 63.9 Å². The van der Waals surface area contributed by atoms with Gasteiger partial charge in [0.05, 0.1) is 25.6 Å². The van der Waals surface area contributed by atoms with Crippen molar-refractivity contribution < 1.29 is 9.47 Å². The fourth-order valence-corrected chi connectivity index (χ4v) is 3.05. The molecule has 1 aromatic heterocycles. The van der Waals surface area contributed by atoms with Crippen LogP contribution in [-0.4, -0.2) is 74.0 Å². The van der Waals surface area contributed by atoms with Gasteiger partial charge in [-0.25, -0.2) is 4.98 Å². The first-order valence-electron chi connectivity index (χ1n) is 8.76. The number of nitrogens with zero attached hydrogens (tertiary/aromatic N) is 4. The molecule has 1 aliphatic rings. The molecule has 1 aliphatic heterocycles. The van der Waals surface area contributed by atoms with Gasteiger partial charge in [0.25, 0.3) is 0 Å². The largest absolute Gasteiger partial charge is 0.382 e. The Morgan fingerprint density at radius 2 is 2.25 bits per heavy atom. The maximum Gasteiger partial charge on any atom is 0.193 e. The third-order valence-corrected chi connectivity index (χ3v) is 4.52. The number of methoxy groups -OCH3 is 1. The molecule has 0 radical (unpaired) electrons. The molecular weight excluding hydrogens is 306 g/mol. The Hall–Kier alpha value is -1.60. The fraction of sp³-hybridized carbons (Fsp3) is 0.765. The molecule has 0 aliphatic carbocycles. The standard InChI is InChI=1S/C17H31N5O2/c1-15-5-8-21(13-16(15)22-9-7-19-14-22)17(18-2)20-6-4-10-24-12-11-23-3/h7,9,14-16H,4-6,8,10-13H2,1-3H3,(H,18,20). The van der Waals surface area contributed by atoms with E-state index in [1.165, 1.54) is 0 Å². The number of aliphatic imine (C=N–C) groups is 1. The number of hydrogen-bond donors (Lipinski definition) is 1.